The van der Waals surface area contributed by atoms with Crippen LogP contribution in [0.5, 0.6) is 0 Å². The van der Waals surface area contributed by atoms with Gasteiger partial charge < -0.3 is 10.2 Å². The van der Waals surface area contributed by atoms with E-state index < -0.39 is 0 Å². The number of rotatable bonds is 7. The first kappa shape index (κ1) is 16.0. The molecule has 2 nitrogen and oxygen atoms in total. The Balaban J connectivity index is 1.83. The lowest BCUT2D eigenvalue weighted by Crippen LogP contribution is -2.20. The van der Waals surface area contributed by atoms with Gasteiger partial charge in [0.15, 0.2) is 0 Å². The van der Waals surface area contributed by atoms with Gasteiger partial charge in [0.2, 0.25) is 0 Å². The summed E-state index contributed by atoms with van der Waals surface area (Å²) < 4.78 is 0. The molecule has 0 bridgehead atoms. The molecule has 0 aliphatic carbocycles. The molecule has 0 unspecified atom stereocenters. The summed E-state index contributed by atoms with van der Waals surface area (Å²) in [5.74, 6) is 0. The molecule has 21 heavy (non-hydrogen) atoms. The molecule has 2 rings (SSSR count). The average molecular weight is 303 g/mol. The van der Waals surface area contributed by atoms with Gasteiger partial charge in [0, 0.05) is 11.6 Å². The van der Waals surface area contributed by atoms with Crippen molar-refractivity contribution in [3.05, 3.63) is 59.1 Å². The minimum absolute atomic E-state index is 0.775. The lowest BCUT2D eigenvalue weighted by molar-refractivity contribution is 0.394. The second kappa shape index (κ2) is 8.18. The number of nitrogens with one attached hydrogen (secondary N) is 1. The Hall–Kier alpha value is -1.35. The first-order valence-corrected chi connectivity index (χ1v) is 7.73. The molecule has 0 fully saturated rings. The van der Waals surface area contributed by atoms with Crippen molar-refractivity contribution < 1.29 is 0 Å². The maximum Gasteiger partial charge on any atom is 0.0406 e. The van der Waals surface area contributed by atoms with Crippen LogP contribution in [0.3, 0.4) is 0 Å². The molecule has 0 radical (unpaired) electrons. The van der Waals surface area contributed by atoms with Gasteiger partial charge in [0.25, 0.3) is 0 Å². The quantitative estimate of drug-likeness (QED) is 0.776. The van der Waals surface area contributed by atoms with E-state index in [4.69, 9.17) is 11.6 Å². The lowest BCUT2D eigenvalue weighted by Gasteiger charge is -2.10. The number of nitrogens with zero attached hydrogens (tertiary/aromatic N) is 1. The maximum atomic E-state index is 5.92. The monoisotopic (exact) mass is 302 g/mol. The summed E-state index contributed by atoms with van der Waals surface area (Å²) >= 11 is 5.92. The molecule has 0 aliphatic heterocycles. The predicted octanol–water partition coefficient (Wildman–Crippen LogP) is 4.05. The third-order valence-electron chi connectivity index (χ3n) is 3.42. The van der Waals surface area contributed by atoms with Crippen LogP contribution >= 0.6 is 11.6 Å². The summed E-state index contributed by atoms with van der Waals surface area (Å²) in [5, 5.41) is 4.25. The lowest BCUT2D eigenvalue weighted by atomic mass is 10.0. The summed E-state index contributed by atoms with van der Waals surface area (Å²) in [5.41, 5.74) is 3.74. The van der Waals surface area contributed by atoms with E-state index in [-0.39, 0.29) is 0 Å². The van der Waals surface area contributed by atoms with Crippen LogP contribution in [-0.2, 0) is 6.54 Å². The molecule has 0 aliphatic rings. The van der Waals surface area contributed by atoms with Crippen LogP contribution in [-0.4, -0.2) is 32.1 Å². The van der Waals surface area contributed by atoms with Gasteiger partial charge in [-0.2, -0.15) is 0 Å². The molecule has 0 heterocycles. The fourth-order valence-electron chi connectivity index (χ4n) is 2.21. The number of benzene rings is 2. The van der Waals surface area contributed by atoms with E-state index in [0.717, 1.165) is 24.7 Å². The highest BCUT2D eigenvalue weighted by atomic mass is 35.5. The molecule has 1 N–H and O–H groups in total. The first-order chi connectivity index (χ1) is 10.1. The van der Waals surface area contributed by atoms with Gasteiger partial charge in [0.05, 0.1) is 0 Å². The average Bonchev–Trinajstić information content (AvgIpc) is 2.48. The van der Waals surface area contributed by atoms with Crippen molar-refractivity contribution in [1.82, 2.24) is 10.2 Å². The molecule has 0 amide bonds. The van der Waals surface area contributed by atoms with E-state index in [0.29, 0.717) is 0 Å². The fraction of sp³-hybridized carbons (Fsp3) is 0.333. The second-order valence-electron chi connectivity index (χ2n) is 5.54. The Morgan fingerprint density at radius 3 is 2.05 bits per heavy atom. The molecule has 0 spiro atoms. The van der Waals surface area contributed by atoms with Gasteiger partial charge in [-0.25, -0.2) is 0 Å². The van der Waals surface area contributed by atoms with Gasteiger partial charge in [-0.05, 0) is 62.4 Å². The fourth-order valence-corrected chi connectivity index (χ4v) is 2.34. The second-order valence-corrected chi connectivity index (χ2v) is 5.97. The van der Waals surface area contributed by atoms with Crippen LogP contribution in [0.2, 0.25) is 5.02 Å². The van der Waals surface area contributed by atoms with Gasteiger partial charge in [-0.1, -0.05) is 48.0 Å². The zero-order valence-corrected chi connectivity index (χ0v) is 13.5. The number of halogens is 1. The normalized spacial score (nSPS) is 11.0. The van der Waals surface area contributed by atoms with Crippen LogP contribution in [0.4, 0.5) is 0 Å². The highest BCUT2D eigenvalue weighted by Gasteiger charge is 1.99. The van der Waals surface area contributed by atoms with Crippen molar-refractivity contribution in [1.29, 1.82) is 0 Å². The molecular formula is C18H23ClN2. The molecular weight excluding hydrogens is 280 g/mol. The minimum Gasteiger partial charge on any atom is -0.313 e. The van der Waals surface area contributed by atoms with E-state index >= 15 is 0 Å². The van der Waals surface area contributed by atoms with Crippen LogP contribution in [0, 0.1) is 0 Å². The van der Waals surface area contributed by atoms with Crippen molar-refractivity contribution in [3.8, 4) is 11.1 Å². The Bertz CT molecular complexity index is 532. The molecule has 2 aromatic carbocycles. The number of hydrogen-bond acceptors (Lipinski definition) is 2. The minimum atomic E-state index is 0.775. The Morgan fingerprint density at radius 1 is 0.905 bits per heavy atom. The molecule has 0 atom stereocenters. The van der Waals surface area contributed by atoms with Crippen LogP contribution in [0.1, 0.15) is 12.0 Å². The van der Waals surface area contributed by atoms with Gasteiger partial charge in [-0.15, -0.1) is 0 Å². The Labute approximate surface area is 132 Å². The summed E-state index contributed by atoms with van der Waals surface area (Å²) in [6, 6.07) is 16.7. The van der Waals surface area contributed by atoms with Crippen molar-refractivity contribution in [2.45, 2.75) is 13.0 Å². The predicted molar refractivity (Wildman–Crippen MR) is 91.8 cm³/mol. The largest absolute Gasteiger partial charge is 0.313 e. The van der Waals surface area contributed by atoms with Gasteiger partial charge >= 0.3 is 0 Å². The van der Waals surface area contributed by atoms with Gasteiger partial charge in [-0.3, -0.25) is 0 Å². The van der Waals surface area contributed by atoms with Crippen LogP contribution in [0.25, 0.3) is 11.1 Å². The van der Waals surface area contributed by atoms with Crippen molar-refractivity contribution in [2.24, 2.45) is 0 Å². The van der Waals surface area contributed by atoms with Crippen molar-refractivity contribution in [3.63, 3.8) is 0 Å². The van der Waals surface area contributed by atoms with Crippen molar-refractivity contribution >= 4 is 11.6 Å². The number of hydrogen-bond donors (Lipinski definition) is 1. The first-order valence-electron chi connectivity index (χ1n) is 7.35. The molecule has 0 saturated carbocycles. The third-order valence-corrected chi connectivity index (χ3v) is 3.67. The molecule has 112 valence electrons. The zero-order chi connectivity index (χ0) is 15.1. The van der Waals surface area contributed by atoms with Gasteiger partial charge in [0.1, 0.15) is 0 Å². The standard InChI is InChI=1S/C18H23ClN2/c1-21(2)13-3-12-20-14-15-4-6-16(7-5-15)17-8-10-18(19)11-9-17/h4-11,20H,3,12-14H2,1-2H3. The highest BCUT2D eigenvalue weighted by Crippen LogP contribution is 2.21. The van der Waals surface area contributed by atoms with E-state index in [1.54, 1.807) is 0 Å². The third kappa shape index (κ3) is 5.50. The Kier molecular flexibility index (Phi) is 6.24. The molecule has 0 saturated heterocycles. The topological polar surface area (TPSA) is 15.3 Å². The van der Waals surface area contributed by atoms with E-state index in [9.17, 15) is 0 Å². The Morgan fingerprint density at radius 2 is 1.48 bits per heavy atom. The molecule has 2 aromatic rings. The van der Waals surface area contributed by atoms with Crippen LogP contribution < -0.4 is 5.32 Å². The van der Waals surface area contributed by atoms with E-state index in [2.05, 4.69) is 60.7 Å². The van der Waals surface area contributed by atoms with E-state index in [1.807, 2.05) is 12.1 Å². The molecule has 0 aromatic heterocycles. The smallest absolute Gasteiger partial charge is 0.0406 e. The summed E-state index contributed by atoms with van der Waals surface area (Å²) in [6.07, 6.45) is 1.18. The van der Waals surface area contributed by atoms with Crippen molar-refractivity contribution in [2.75, 3.05) is 27.2 Å². The van der Waals surface area contributed by atoms with E-state index in [1.165, 1.54) is 23.1 Å². The SMILES string of the molecule is CN(C)CCCNCc1ccc(-c2ccc(Cl)cc2)cc1. The van der Waals surface area contributed by atoms with Crippen LogP contribution in [0.15, 0.2) is 48.5 Å². The highest BCUT2D eigenvalue weighted by molar-refractivity contribution is 6.30. The zero-order valence-electron chi connectivity index (χ0n) is 12.8. The molecule has 3 heteroatoms. The summed E-state index contributed by atoms with van der Waals surface area (Å²) in [7, 11) is 4.21. The maximum absolute atomic E-state index is 5.92. The summed E-state index contributed by atoms with van der Waals surface area (Å²) in [4.78, 5) is 2.21. The summed E-state index contributed by atoms with van der Waals surface area (Å²) in [6.45, 7) is 3.11.